The number of hydrogen-bond donors (Lipinski definition) is 6. The zero-order valence-electron chi connectivity index (χ0n) is 17.4. The Bertz CT molecular complexity index is 1270. The second-order valence-electron chi connectivity index (χ2n) is 8.95. The van der Waals surface area contributed by atoms with Crippen molar-refractivity contribution in [3.05, 3.63) is 71.8 Å². The number of aliphatic hydroxyl groups excluding tert-OH is 2. The number of hydrogen-bond acceptors (Lipinski definition) is 6. The first-order valence-electron chi connectivity index (χ1n) is 11.2. The quantitative estimate of drug-likeness (QED) is 0.289. The van der Waals surface area contributed by atoms with Crippen LogP contribution in [0.2, 0.25) is 0 Å². The summed E-state index contributed by atoms with van der Waals surface area (Å²) >= 11 is 0. The summed E-state index contributed by atoms with van der Waals surface area (Å²) in [5, 5.41) is 40.6. The lowest BCUT2D eigenvalue weighted by Crippen LogP contribution is -2.51. The van der Waals surface area contributed by atoms with Gasteiger partial charge in [-0.15, -0.1) is 0 Å². The Kier molecular flexibility index (Phi) is 3.69. The number of aliphatic hydroxyl groups is 2. The highest BCUT2D eigenvalue weighted by Crippen LogP contribution is 2.53. The molecule has 2 aliphatic heterocycles. The van der Waals surface area contributed by atoms with Crippen molar-refractivity contribution in [1.82, 2.24) is 0 Å². The van der Waals surface area contributed by atoms with Crippen molar-refractivity contribution in [2.45, 2.75) is 24.0 Å². The molecule has 0 atom stereocenters. The second kappa shape index (κ2) is 6.51. The second-order valence-corrected chi connectivity index (χ2v) is 8.95. The maximum atomic E-state index is 11.4. The maximum absolute atomic E-state index is 11.4. The fourth-order valence-electron chi connectivity index (χ4n) is 5.94. The summed E-state index contributed by atoms with van der Waals surface area (Å²) in [6.45, 7) is 1.38. The molecule has 0 radical (unpaired) electrons. The molecule has 6 heteroatoms. The van der Waals surface area contributed by atoms with E-state index in [4.69, 9.17) is 0 Å². The van der Waals surface area contributed by atoms with Crippen molar-refractivity contribution in [3.8, 4) is 0 Å². The predicted molar refractivity (Wildman–Crippen MR) is 130 cm³/mol. The fourth-order valence-corrected chi connectivity index (χ4v) is 5.94. The van der Waals surface area contributed by atoms with Crippen molar-refractivity contribution in [1.29, 1.82) is 0 Å². The monoisotopic (exact) mass is 424 g/mol. The van der Waals surface area contributed by atoms with Crippen molar-refractivity contribution in [2.75, 3.05) is 34.6 Å². The third-order valence-electron chi connectivity index (χ3n) is 7.45. The Balaban J connectivity index is 1.33. The van der Waals surface area contributed by atoms with Crippen LogP contribution in [0, 0.1) is 0 Å². The standard InChI is InChI=1S/C26H24N4O2/c31-25-23(15-7-9-19-21-13(15)3-1-5-17(21)27-11-29-19)26(32)24(25)16-8-10-20-22-14(16)4-2-6-18(22)28-12-30-20/h1-10,23-32H,11-12H2. The van der Waals surface area contributed by atoms with Crippen LogP contribution in [0.4, 0.5) is 22.7 Å². The number of rotatable bonds is 2. The molecule has 160 valence electrons. The predicted octanol–water partition coefficient (Wildman–Crippen LogP) is 4.19. The Morgan fingerprint density at radius 1 is 0.531 bits per heavy atom. The van der Waals surface area contributed by atoms with E-state index in [0.717, 1.165) is 55.4 Å². The van der Waals surface area contributed by atoms with Gasteiger partial charge in [0.25, 0.3) is 0 Å². The number of nitrogens with one attached hydrogen (secondary N) is 4. The Labute approximate surface area is 185 Å². The van der Waals surface area contributed by atoms with Crippen molar-refractivity contribution in [2.24, 2.45) is 0 Å². The van der Waals surface area contributed by atoms with Crippen LogP contribution in [0.3, 0.4) is 0 Å². The minimum absolute atomic E-state index is 0.326. The molecule has 6 nitrogen and oxygen atoms in total. The average molecular weight is 425 g/mol. The lowest BCUT2D eigenvalue weighted by Gasteiger charge is -2.48. The van der Waals surface area contributed by atoms with Gasteiger partial charge in [0.05, 0.1) is 25.5 Å². The van der Waals surface area contributed by atoms with Gasteiger partial charge >= 0.3 is 0 Å². The summed E-state index contributed by atoms with van der Waals surface area (Å²) in [5.41, 5.74) is 6.34. The molecule has 0 unspecified atom stereocenters. The van der Waals surface area contributed by atoms with Crippen LogP contribution in [0.25, 0.3) is 21.5 Å². The van der Waals surface area contributed by atoms with Crippen LogP contribution in [-0.4, -0.2) is 35.8 Å². The molecule has 32 heavy (non-hydrogen) atoms. The van der Waals surface area contributed by atoms with Gasteiger partial charge in [0, 0.05) is 45.4 Å². The van der Waals surface area contributed by atoms with Crippen LogP contribution >= 0.6 is 0 Å². The van der Waals surface area contributed by atoms with E-state index in [1.165, 1.54) is 0 Å². The van der Waals surface area contributed by atoms with Crippen LogP contribution in [-0.2, 0) is 0 Å². The molecular formula is C26H24N4O2. The molecule has 6 N–H and O–H groups in total. The lowest BCUT2D eigenvalue weighted by molar-refractivity contribution is -0.0775. The van der Waals surface area contributed by atoms with Gasteiger partial charge in [-0.1, -0.05) is 36.4 Å². The van der Waals surface area contributed by atoms with Gasteiger partial charge in [-0.05, 0) is 46.2 Å². The molecule has 3 aliphatic rings. The summed E-state index contributed by atoms with van der Waals surface area (Å²) in [7, 11) is 0. The van der Waals surface area contributed by atoms with Crippen LogP contribution in [0.5, 0.6) is 0 Å². The molecule has 0 spiro atoms. The van der Waals surface area contributed by atoms with E-state index in [2.05, 4.69) is 69.8 Å². The molecule has 7 rings (SSSR count). The van der Waals surface area contributed by atoms with E-state index in [0.29, 0.717) is 13.3 Å². The third kappa shape index (κ3) is 2.31. The molecule has 1 fully saturated rings. The first kappa shape index (κ1) is 18.1. The summed E-state index contributed by atoms with van der Waals surface area (Å²) in [6, 6.07) is 20.6. The Morgan fingerprint density at radius 2 is 0.938 bits per heavy atom. The summed E-state index contributed by atoms with van der Waals surface area (Å²) < 4.78 is 0. The average Bonchev–Trinajstić information content (AvgIpc) is 2.83. The van der Waals surface area contributed by atoms with Gasteiger partial charge in [0.15, 0.2) is 0 Å². The summed E-state index contributed by atoms with van der Waals surface area (Å²) in [4.78, 5) is 0. The lowest BCUT2D eigenvalue weighted by atomic mass is 9.62. The zero-order valence-corrected chi connectivity index (χ0v) is 17.4. The minimum atomic E-state index is -0.659. The molecule has 4 aromatic carbocycles. The highest BCUT2D eigenvalue weighted by molar-refractivity contribution is 6.07. The SMILES string of the molecule is OC1C(c2ccc3c4c(cccc24)NCN3)C(O)C1c1ccc2c3c(cccc13)NCN2. The van der Waals surface area contributed by atoms with Gasteiger partial charge in [-0.3, -0.25) is 0 Å². The van der Waals surface area contributed by atoms with E-state index >= 15 is 0 Å². The first-order chi connectivity index (χ1) is 15.7. The highest BCUT2D eigenvalue weighted by Gasteiger charge is 2.51. The van der Waals surface area contributed by atoms with Gasteiger partial charge < -0.3 is 31.5 Å². The highest BCUT2D eigenvalue weighted by atomic mass is 16.3. The molecule has 0 amide bonds. The van der Waals surface area contributed by atoms with Gasteiger partial charge in [-0.2, -0.15) is 0 Å². The van der Waals surface area contributed by atoms with Crippen LogP contribution in [0.15, 0.2) is 60.7 Å². The maximum Gasteiger partial charge on any atom is 0.0849 e. The van der Waals surface area contributed by atoms with E-state index in [1.54, 1.807) is 0 Å². The minimum Gasteiger partial charge on any atom is -0.392 e. The topological polar surface area (TPSA) is 88.6 Å². The van der Waals surface area contributed by atoms with E-state index in [-0.39, 0.29) is 11.8 Å². The molecule has 0 bridgehead atoms. The molecule has 0 aromatic heterocycles. The van der Waals surface area contributed by atoms with E-state index in [1.807, 2.05) is 12.1 Å². The molecular weight excluding hydrogens is 400 g/mol. The zero-order chi connectivity index (χ0) is 21.4. The third-order valence-corrected chi connectivity index (χ3v) is 7.45. The van der Waals surface area contributed by atoms with Crippen LogP contribution < -0.4 is 21.3 Å². The molecule has 2 heterocycles. The van der Waals surface area contributed by atoms with Crippen LogP contribution in [0.1, 0.15) is 23.0 Å². The molecule has 1 saturated carbocycles. The van der Waals surface area contributed by atoms with Gasteiger partial charge in [0.1, 0.15) is 0 Å². The first-order valence-corrected chi connectivity index (χ1v) is 11.2. The number of benzene rings is 4. The Morgan fingerprint density at radius 3 is 1.38 bits per heavy atom. The molecule has 1 aliphatic carbocycles. The van der Waals surface area contributed by atoms with Crippen molar-refractivity contribution in [3.63, 3.8) is 0 Å². The largest absolute Gasteiger partial charge is 0.392 e. The van der Waals surface area contributed by atoms with Crippen molar-refractivity contribution >= 4 is 44.3 Å². The van der Waals surface area contributed by atoms with Crippen molar-refractivity contribution < 1.29 is 10.2 Å². The molecule has 4 aromatic rings. The normalized spacial score (nSPS) is 25.3. The fraction of sp³-hybridized carbons (Fsp3) is 0.231. The number of anilines is 4. The summed E-state index contributed by atoms with van der Waals surface area (Å²) in [6.07, 6.45) is -1.32. The van der Waals surface area contributed by atoms with E-state index < -0.39 is 12.2 Å². The van der Waals surface area contributed by atoms with E-state index in [9.17, 15) is 10.2 Å². The van der Waals surface area contributed by atoms with Gasteiger partial charge in [-0.25, -0.2) is 0 Å². The Hall–Kier alpha value is -3.48. The smallest absolute Gasteiger partial charge is 0.0849 e. The summed E-state index contributed by atoms with van der Waals surface area (Å²) in [5.74, 6) is -0.651. The molecule has 0 saturated heterocycles. The van der Waals surface area contributed by atoms with Gasteiger partial charge in [0.2, 0.25) is 0 Å².